The molecule has 1 aliphatic carbocycles. The van der Waals surface area contributed by atoms with Crippen LogP contribution in [0, 0.1) is 0 Å². The van der Waals surface area contributed by atoms with Crippen molar-refractivity contribution in [2.45, 2.75) is 30.9 Å². The molecular formula is C8H14O3S. The summed E-state index contributed by atoms with van der Waals surface area (Å²) in [5.74, 6) is -0.290. The standard InChI is InChI=1S/C8H14O3S/c1-11-8(9)6-12(10)7-4-2-3-5-7/h7H,2-6H2,1H3. The molecule has 1 saturated carbocycles. The average Bonchev–Trinajstić information content (AvgIpc) is 2.56. The summed E-state index contributed by atoms with van der Waals surface area (Å²) in [6.45, 7) is 0. The Bertz CT molecular complexity index is 185. The Labute approximate surface area is 74.9 Å². The van der Waals surface area contributed by atoms with Crippen LogP contribution in [-0.2, 0) is 20.3 Å². The first kappa shape index (κ1) is 9.71. The van der Waals surface area contributed by atoms with Gasteiger partial charge in [0.15, 0.2) is 0 Å². The molecule has 0 aromatic rings. The SMILES string of the molecule is COC(=O)CS(=O)C1CCCC1. The maximum Gasteiger partial charge on any atom is 0.318 e. The Morgan fingerprint density at radius 2 is 2.08 bits per heavy atom. The quantitative estimate of drug-likeness (QED) is 0.620. The van der Waals surface area contributed by atoms with Gasteiger partial charge in [0.05, 0.1) is 7.11 Å². The molecule has 0 N–H and O–H groups in total. The van der Waals surface area contributed by atoms with Crippen LogP contribution < -0.4 is 0 Å². The zero-order valence-electron chi connectivity index (χ0n) is 7.25. The first-order chi connectivity index (χ1) is 5.74. The number of carbonyl (C=O) groups is 1. The van der Waals surface area contributed by atoms with E-state index in [1.54, 1.807) is 0 Å². The second-order valence-corrected chi connectivity index (χ2v) is 4.72. The summed E-state index contributed by atoms with van der Waals surface area (Å²) in [7, 11) is 0.328. The predicted molar refractivity (Wildman–Crippen MR) is 47.3 cm³/mol. The molecule has 1 unspecified atom stereocenters. The van der Waals surface area contributed by atoms with Crippen molar-refractivity contribution in [1.29, 1.82) is 0 Å². The van der Waals surface area contributed by atoms with Gasteiger partial charge < -0.3 is 4.74 Å². The molecule has 0 aromatic heterocycles. The zero-order chi connectivity index (χ0) is 8.97. The van der Waals surface area contributed by atoms with Crippen LogP contribution in [0.25, 0.3) is 0 Å². The van der Waals surface area contributed by atoms with Crippen molar-refractivity contribution in [3.8, 4) is 0 Å². The minimum atomic E-state index is -1.000. The fraction of sp³-hybridized carbons (Fsp3) is 0.875. The van der Waals surface area contributed by atoms with E-state index >= 15 is 0 Å². The van der Waals surface area contributed by atoms with Gasteiger partial charge in [0.1, 0.15) is 5.75 Å². The van der Waals surface area contributed by atoms with Crippen molar-refractivity contribution in [1.82, 2.24) is 0 Å². The smallest absolute Gasteiger partial charge is 0.318 e. The first-order valence-electron chi connectivity index (χ1n) is 4.18. The minimum Gasteiger partial charge on any atom is -0.468 e. The Kier molecular flexibility index (Phi) is 3.72. The molecule has 0 saturated heterocycles. The molecule has 70 valence electrons. The minimum absolute atomic E-state index is 0.0706. The van der Waals surface area contributed by atoms with Crippen LogP contribution in [0.1, 0.15) is 25.7 Å². The van der Waals surface area contributed by atoms with Crippen LogP contribution in [0.4, 0.5) is 0 Å². The fourth-order valence-electron chi connectivity index (χ4n) is 1.44. The van der Waals surface area contributed by atoms with Gasteiger partial charge >= 0.3 is 5.97 Å². The second-order valence-electron chi connectivity index (χ2n) is 3.01. The van der Waals surface area contributed by atoms with Crippen molar-refractivity contribution in [2.75, 3.05) is 12.9 Å². The van der Waals surface area contributed by atoms with E-state index < -0.39 is 10.8 Å². The highest BCUT2D eigenvalue weighted by Crippen LogP contribution is 2.22. The number of hydrogen-bond donors (Lipinski definition) is 0. The Morgan fingerprint density at radius 1 is 1.50 bits per heavy atom. The summed E-state index contributed by atoms with van der Waals surface area (Å²) in [5, 5.41) is 0.240. The third-order valence-corrected chi connectivity index (χ3v) is 3.90. The summed E-state index contributed by atoms with van der Waals surface area (Å²) in [6.07, 6.45) is 4.31. The molecule has 1 aliphatic rings. The van der Waals surface area contributed by atoms with Crippen LogP contribution in [0.5, 0.6) is 0 Å². The number of methoxy groups -OCH3 is 1. The predicted octanol–water partition coefficient (Wildman–Crippen LogP) is 0.851. The first-order valence-corrected chi connectivity index (χ1v) is 5.56. The number of carbonyl (C=O) groups excluding carboxylic acids is 1. The van der Waals surface area contributed by atoms with Gasteiger partial charge in [-0.05, 0) is 12.8 Å². The fourth-order valence-corrected chi connectivity index (χ4v) is 2.89. The van der Waals surface area contributed by atoms with Gasteiger partial charge in [-0.2, -0.15) is 0 Å². The van der Waals surface area contributed by atoms with Crippen molar-refractivity contribution in [2.24, 2.45) is 0 Å². The molecule has 4 heteroatoms. The Morgan fingerprint density at radius 3 is 2.58 bits per heavy atom. The molecule has 0 aliphatic heterocycles. The zero-order valence-corrected chi connectivity index (χ0v) is 8.06. The summed E-state index contributed by atoms with van der Waals surface area (Å²) in [4.78, 5) is 10.8. The summed E-state index contributed by atoms with van der Waals surface area (Å²) in [6, 6.07) is 0. The summed E-state index contributed by atoms with van der Waals surface area (Å²) in [5.41, 5.74) is 0. The summed E-state index contributed by atoms with van der Waals surface area (Å²) >= 11 is 0. The van der Waals surface area contributed by atoms with Gasteiger partial charge in [-0.15, -0.1) is 0 Å². The van der Waals surface area contributed by atoms with Crippen molar-refractivity contribution in [3.05, 3.63) is 0 Å². The highest BCUT2D eigenvalue weighted by Gasteiger charge is 2.23. The van der Waals surface area contributed by atoms with Crippen LogP contribution in [0.15, 0.2) is 0 Å². The highest BCUT2D eigenvalue weighted by molar-refractivity contribution is 7.86. The molecule has 3 nitrogen and oxygen atoms in total. The lowest BCUT2D eigenvalue weighted by Crippen LogP contribution is -2.20. The van der Waals surface area contributed by atoms with E-state index in [9.17, 15) is 9.00 Å². The highest BCUT2D eigenvalue weighted by atomic mass is 32.2. The van der Waals surface area contributed by atoms with E-state index in [0.717, 1.165) is 25.7 Å². The van der Waals surface area contributed by atoms with Crippen LogP contribution in [0.2, 0.25) is 0 Å². The van der Waals surface area contributed by atoms with Gasteiger partial charge in [-0.3, -0.25) is 9.00 Å². The van der Waals surface area contributed by atoms with E-state index in [1.165, 1.54) is 7.11 Å². The molecule has 0 spiro atoms. The van der Waals surface area contributed by atoms with E-state index in [-0.39, 0.29) is 17.0 Å². The molecule has 0 amide bonds. The number of ether oxygens (including phenoxy) is 1. The average molecular weight is 190 g/mol. The topological polar surface area (TPSA) is 43.4 Å². The third-order valence-electron chi connectivity index (χ3n) is 2.16. The lowest BCUT2D eigenvalue weighted by Gasteiger charge is -2.06. The lowest BCUT2D eigenvalue weighted by atomic mass is 10.4. The molecular weight excluding hydrogens is 176 g/mol. The number of rotatable bonds is 3. The molecule has 0 heterocycles. The van der Waals surface area contributed by atoms with Crippen LogP contribution >= 0.6 is 0 Å². The van der Waals surface area contributed by atoms with Gasteiger partial charge in [0, 0.05) is 16.0 Å². The van der Waals surface area contributed by atoms with E-state index in [0.29, 0.717) is 0 Å². The monoisotopic (exact) mass is 190 g/mol. The Balaban J connectivity index is 2.32. The van der Waals surface area contributed by atoms with E-state index in [2.05, 4.69) is 4.74 Å². The number of hydrogen-bond acceptors (Lipinski definition) is 3. The van der Waals surface area contributed by atoms with Gasteiger partial charge in [0.2, 0.25) is 0 Å². The van der Waals surface area contributed by atoms with Crippen molar-refractivity contribution >= 4 is 16.8 Å². The van der Waals surface area contributed by atoms with Crippen molar-refractivity contribution in [3.63, 3.8) is 0 Å². The van der Waals surface area contributed by atoms with Gasteiger partial charge in [-0.1, -0.05) is 12.8 Å². The Hall–Kier alpha value is -0.380. The maximum absolute atomic E-state index is 11.4. The van der Waals surface area contributed by atoms with Gasteiger partial charge in [0.25, 0.3) is 0 Å². The van der Waals surface area contributed by atoms with Crippen molar-refractivity contribution < 1.29 is 13.7 Å². The second kappa shape index (κ2) is 4.60. The van der Waals surface area contributed by atoms with Crippen LogP contribution in [-0.4, -0.2) is 28.3 Å². The molecule has 1 atom stereocenters. The summed E-state index contributed by atoms with van der Waals surface area (Å²) < 4.78 is 15.9. The molecule has 1 rings (SSSR count). The molecule has 1 fully saturated rings. The largest absolute Gasteiger partial charge is 0.468 e. The molecule has 0 bridgehead atoms. The normalized spacial score (nSPS) is 20.8. The number of esters is 1. The third kappa shape index (κ3) is 2.59. The molecule has 0 radical (unpaired) electrons. The van der Waals surface area contributed by atoms with Crippen LogP contribution in [0.3, 0.4) is 0 Å². The van der Waals surface area contributed by atoms with E-state index in [4.69, 9.17) is 0 Å². The maximum atomic E-state index is 11.4. The van der Waals surface area contributed by atoms with Gasteiger partial charge in [-0.25, -0.2) is 0 Å². The van der Waals surface area contributed by atoms with E-state index in [1.807, 2.05) is 0 Å². The lowest BCUT2D eigenvalue weighted by molar-refractivity contribution is -0.137. The molecule has 12 heavy (non-hydrogen) atoms. The molecule has 0 aromatic carbocycles.